The Morgan fingerprint density at radius 3 is 1.87 bits per heavy atom. The molecule has 0 aliphatic carbocycles. The molecule has 23 heavy (non-hydrogen) atoms. The van der Waals surface area contributed by atoms with Gasteiger partial charge in [-0.25, -0.2) is 0 Å². The van der Waals surface area contributed by atoms with Gasteiger partial charge >= 0.3 is 24.3 Å². The number of halogens is 7. The maximum Gasteiger partial charge on any atom is 0.409 e. The molecule has 0 saturated carbocycles. The molecule has 0 rings (SSSR count). The van der Waals surface area contributed by atoms with Crippen LogP contribution in [0.2, 0.25) is 0 Å². The van der Waals surface area contributed by atoms with Gasteiger partial charge < -0.3 is 9.47 Å². The number of ether oxygens (including phenoxy) is 2. The smallest absolute Gasteiger partial charge is 0.409 e. The van der Waals surface area contributed by atoms with E-state index in [9.17, 15) is 35.9 Å². The minimum absolute atomic E-state index is 0.0238. The van der Waals surface area contributed by atoms with Crippen LogP contribution in [0.15, 0.2) is 12.2 Å². The monoisotopic (exact) mass is 416 g/mol. The molecular formula is C12H15BrF6O4. The first-order valence-corrected chi connectivity index (χ1v) is 6.86. The van der Waals surface area contributed by atoms with Crippen molar-refractivity contribution < 1.29 is 45.4 Å². The Morgan fingerprint density at radius 1 is 1.04 bits per heavy atom. The van der Waals surface area contributed by atoms with E-state index in [1.165, 1.54) is 0 Å². The molecule has 1 atom stereocenters. The lowest BCUT2D eigenvalue weighted by Gasteiger charge is -2.11. The number of rotatable bonds is 5. The molecule has 0 saturated heterocycles. The van der Waals surface area contributed by atoms with Crippen LogP contribution in [-0.4, -0.2) is 42.3 Å². The van der Waals surface area contributed by atoms with Crippen LogP contribution in [0.1, 0.15) is 20.3 Å². The van der Waals surface area contributed by atoms with E-state index in [1.807, 2.05) is 0 Å². The minimum Gasteiger partial charge on any atom is -0.465 e. The molecule has 0 radical (unpaired) electrons. The van der Waals surface area contributed by atoms with Crippen molar-refractivity contribution in [3.63, 3.8) is 0 Å². The Morgan fingerprint density at radius 2 is 1.52 bits per heavy atom. The van der Waals surface area contributed by atoms with Crippen LogP contribution >= 0.6 is 15.9 Å². The second-order valence-corrected chi connectivity index (χ2v) is 5.26. The summed E-state index contributed by atoms with van der Waals surface area (Å²) in [6.45, 7) is 1.68. The second-order valence-electron chi connectivity index (χ2n) is 3.97. The van der Waals surface area contributed by atoms with Gasteiger partial charge in [0.25, 0.3) is 0 Å². The van der Waals surface area contributed by atoms with E-state index in [1.54, 1.807) is 0 Å². The maximum absolute atomic E-state index is 11.7. The fourth-order valence-electron chi connectivity index (χ4n) is 0.865. The molecule has 0 amide bonds. The minimum atomic E-state index is -4.33. The summed E-state index contributed by atoms with van der Waals surface area (Å²) in [4.78, 5) is 19.4. The van der Waals surface area contributed by atoms with Crippen LogP contribution in [0.4, 0.5) is 26.3 Å². The SMILES string of the molecule is CC(=O)OC/C=C/C(F)(F)F.CC(=O)OCC(Br)CC(F)(F)F. The fraction of sp³-hybridized carbons (Fsp3) is 0.667. The van der Waals surface area contributed by atoms with Crippen LogP contribution in [0.25, 0.3) is 0 Å². The normalized spacial score (nSPS) is 13.1. The first kappa shape index (κ1) is 24.0. The van der Waals surface area contributed by atoms with Gasteiger partial charge in [0.1, 0.15) is 13.2 Å². The third-order valence-corrected chi connectivity index (χ3v) is 2.20. The zero-order chi connectivity index (χ0) is 18.7. The summed E-state index contributed by atoms with van der Waals surface area (Å²) in [5, 5.41) is 0. The number of alkyl halides is 7. The van der Waals surface area contributed by atoms with Gasteiger partial charge in [-0.2, -0.15) is 26.3 Å². The summed E-state index contributed by atoms with van der Waals surface area (Å²) < 4.78 is 77.6. The van der Waals surface area contributed by atoms with Gasteiger partial charge in [0.15, 0.2) is 0 Å². The van der Waals surface area contributed by atoms with Crippen molar-refractivity contribution in [1.29, 1.82) is 0 Å². The van der Waals surface area contributed by atoms with Crippen molar-refractivity contribution in [3.8, 4) is 0 Å². The lowest BCUT2D eigenvalue weighted by Crippen LogP contribution is -2.20. The highest BCUT2D eigenvalue weighted by molar-refractivity contribution is 9.09. The van der Waals surface area contributed by atoms with E-state index in [-0.39, 0.29) is 19.3 Å². The van der Waals surface area contributed by atoms with Crippen molar-refractivity contribution in [3.05, 3.63) is 12.2 Å². The summed E-state index contributed by atoms with van der Waals surface area (Å²) in [5.74, 6) is -1.18. The lowest BCUT2D eigenvalue weighted by molar-refractivity contribution is -0.147. The predicted octanol–water partition coefficient (Wildman–Crippen LogP) is 3.93. The van der Waals surface area contributed by atoms with Crippen LogP contribution in [0.3, 0.4) is 0 Å². The van der Waals surface area contributed by atoms with Crippen molar-refractivity contribution >= 4 is 27.9 Å². The summed E-state index contributed by atoms with van der Waals surface area (Å²) in [6, 6.07) is 0. The second kappa shape index (κ2) is 11.3. The molecule has 0 aromatic rings. The third-order valence-electron chi connectivity index (χ3n) is 1.61. The number of carbonyl (C=O) groups is 2. The molecule has 136 valence electrons. The van der Waals surface area contributed by atoms with Gasteiger partial charge in [-0.15, -0.1) is 0 Å². The van der Waals surface area contributed by atoms with Crippen LogP contribution in [0, 0.1) is 0 Å². The predicted molar refractivity (Wildman–Crippen MR) is 71.8 cm³/mol. The molecule has 1 unspecified atom stereocenters. The van der Waals surface area contributed by atoms with Gasteiger partial charge in [0.2, 0.25) is 0 Å². The Bertz CT molecular complexity index is 392. The molecule has 0 bridgehead atoms. The number of esters is 2. The highest BCUT2D eigenvalue weighted by atomic mass is 79.9. The molecule has 0 aromatic heterocycles. The van der Waals surface area contributed by atoms with Gasteiger partial charge in [-0.3, -0.25) is 9.59 Å². The largest absolute Gasteiger partial charge is 0.465 e. The van der Waals surface area contributed by atoms with E-state index in [4.69, 9.17) is 0 Å². The molecule has 0 heterocycles. The molecular weight excluding hydrogens is 402 g/mol. The molecule has 4 nitrogen and oxygen atoms in total. The highest BCUT2D eigenvalue weighted by Gasteiger charge is 2.31. The first-order chi connectivity index (χ1) is 10.2. The van der Waals surface area contributed by atoms with Crippen molar-refractivity contribution in [1.82, 2.24) is 0 Å². The van der Waals surface area contributed by atoms with Crippen molar-refractivity contribution in [2.75, 3.05) is 13.2 Å². The molecule has 0 aliphatic heterocycles. The molecule has 0 aliphatic rings. The Hall–Kier alpha value is -1.26. The van der Waals surface area contributed by atoms with Gasteiger partial charge in [-0.05, 0) is 6.08 Å². The van der Waals surface area contributed by atoms with E-state index >= 15 is 0 Å². The van der Waals surface area contributed by atoms with Crippen molar-refractivity contribution in [2.24, 2.45) is 0 Å². The third kappa shape index (κ3) is 26.0. The molecule has 0 fully saturated rings. The number of carbonyl (C=O) groups excluding carboxylic acids is 2. The Balaban J connectivity index is 0. The van der Waals surface area contributed by atoms with Crippen LogP contribution in [0.5, 0.6) is 0 Å². The maximum atomic E-state index is 11.7. The van der Waals surface area contributed by atoms with Crippen molar-refractivity contribution in [2.45, 2.75) is 37.4 Å². The molecule has 0 aromatic carbocycles. The summed E-state index contributed by atoms with van der Waals surface area (Å²) >= 11 is 2.74. The van der Waals surface area contributed by atoms with Crippen LogP contribution in [-0.2, 0) is 19.1 Å². The summed E-state index contributed by atoms with van der Waals surface area (Å²) in [7, 11) is 0. The van der Waals surface area contributed by atoms with Gasteiger partial charge in [0, 0.05) is 19.9 Å². The average Bonchev–Trinajstić information content (AvgIpc) is 2.29. The fourth-order valence-corrected chi connectivity index (χ4v) is 1.36. The Kier molecular flexibility index (Phi) is 11.8. The molecule has 11 heteroatoms. The zero-order valence-electron chi connectivity index (χ0n) is 12.1. The number of hydrogen-bond acceptors (Lipinski definition) is 4. The van der Waals surface area contributed by atoms with Gasteiger partial charge in [-0.1, -0.05) is 15.9 Å². The lowest BCUT2D eigenvalue weighted by atomic mass is 10.3. The van der Waals surface area contributed by atoms with E-state index in [2.05, 4.69) is 25.4 Å². The molecule has 0 N–H and O–H groups in total. The zero-order valence-corrected chi connectivity index (χ0v) is 13.7. The quantitative estimate of drug-likeness (QED) is 0.295. The van der Waals surface area contributed by atoms with Crippen LogP contribution < -0.4 is 0 Å². The first-order valence-electron chi connectivity index (χ1n) is 5.95. The summed E-state index contributed by atoms with van der Waals surface area (Å²) in [6.07, 6.45) is -8.80. The topological polar surface area (TPSA) is 52.6 Å². The van der Waals surface area contributed by atoms with E-state index in [0.29, 0.717) is 0 Å². The molecule has 0 spiro atoms. The number of allylic oxidation sites excluding steroid dienone is 1. The standard InChI is InChI=1S/C6H8BrF3O2.C6H7F3O2/c1-4(11)12-3-5(7)2-6(8,9)10;1-5(10)11-4-2-3-6(7,8)9/h5H,2-3H2,1H3;2-3H,4H2,1H3/b;3-2+. The Labute approximate surface area is 136 Å². The highest BCUT2D eigenvalue weighted by Crippen LogP contribution is 2.25. The van der Waals surface area contributed by atoms with E-state index in [0.717, 1.165) is 19.9 Å². The average molecular weight is 417 g/mol. The summed E-state index contributed by atoms with van der Waals surface area (Å²) in [5.41, 5.74) is 0. The van der Waals surface area contributed by atoms with Gasteiger partial charge in [0.05, 0.1) is 11.2 Å². The number of hydrogen-bond donors (Lipinski definition) is 0. The van der Waals surface area contributed by atoms with E-state index < -0.39 is 35.5 Å².